The molecule has 6 rings (SSSR count). The van der Waals surface area contributed by atoms with Gasteiger partial charge in [0, 0.05) is 29.1 Å². The highest BCUT2D eigenvalue weighted by atomic mass is 19.4. The Morgan fingerprint density at radius 2 is 1.66 bits per heavy atom. The standard InChI is InChI=1S/C27H19F3N4O/c28-27(29,30)19-12-11-18-13-25(35-24(18)14-19)23-15-22(31-32-23)21-16-34(20-9-5-2-6-10-20)33-26(21)17-7-3-1-4-8-17/h1-14,16,22,31H,15H2. The third-order valence-electron chi connectivity index (χ3n) is 6.07. The van der Waals surface area contributed by atoms with Gasteiger partial charge in [-0.1, -0.05) is 54.6 Å². The van der Waals surface area contributed by atoms with Gasteiger partial charge < -0.3 is 9.84 Å². The second kappa shape index (κ2) is 8.16. The molecular weight excluding hydrogens is 453 g/mol. The van der Waals surface area contributed by atoms with Crippen LogP contribution in [0.15, 0.2) is 101 Å². The van der Waals surface area contributed by atoms with E-state index in [1.165, 1.54) is 6.07 Å². The molecule has 0 amide bonds. The van der Waals surface area contributed by atoms with Crippen molar-refractivity contribution in [2.75, 3.05) is 0 Å². The van der Waals surface area contributed by atoms with Crippen molar-refractivity contribution in [3.05, 3.63) is 108 Å². The highest BCUT2D eigenvalue weighted by Crippen LogP contribution is 2.35. The third kappa shape index (κ3) is 3.97. The molecule has 0 saturated heterocycles. The molecule has 1 aliphatic heterocycles. The smallest absolute Gasteiger partial charge is 0.416 e. The quantitative estimate of drug-likeness (QED) is 0.315. The van der Waals surface area contributed by atoms with E-state index in [0.717, 1.165) is 34.6 Å². The van der Waals surface area contributed by atoms with Gasteiger partial charge in [0.05, 0.1) is 23.0 Å². The van der Waals surface area contributed by atoms with E-state index in [-0.39, 0.29) is 11.6 Å². The van der Waals surface area contributed by atoms with Crippen LogP contribution in [0.4, 0.5) is 13.2 Å². The Balaban J connectivity index is 1.33. The van der Waals surface area contributed by atoms with Gasteiger partial charge in [-0.2, -0.15) is 23.4 Å². The molecular formula is C27H19F3N4O. The van der Waals surface area contributed by atoms with Crippen LogP contribution in [0.1, 0.15) is 29.3 Å². The van der Waals surface area contributed by atoms with Gasteiger partial charge in [-0.05, 0) is 30.3 Å². The number of hydrazone groups is 1. The summed E-state index contributed by atoms with van der Waals surface area (Å²) < 4.78 is 46.9. The Morgan fingerprint density at radius 1 is 0.914 bits per heavy atom. The Morgan fingerprint density at radius 3 is 2.40 bits per heavy atom. The van der Waals surface area contributed by atoms with E-state index in [1.807, 2.05) is 71.5 Å². The minimum Gasteiger partial charge on any atom is -0.455 e. The summed E-state index contributed by atoms with van der Waals surface area (Å²) in [6.45, 7) is 0. The Hall–Kier alpha value is -4.33. The van der Waals surface area contributed by atoms with Gasteiger partial charge >= 0.3 is 6.18 Å². The maximum atomic E-state index is 13.1. The summed E-state index contributed by atoms with van der Waals surface area (Å²) in [6.07, 6.45) is -1.93. The molecule has 0 radical (unpaired) electrons. The molecule has 3 heterocycles. The van der Waals surface area contributed by atoms with Gasteiger partial charge in [0.1, 0.15) is 11.3 Å². The van der Waals surface area contributed by atoms with Gasteiger partial charge in [0.2, 0.25) is 0 Å². The summed E-state index contributed by atoms with van der Waals surface area (Å²) in [5.41, 5.74) is 6.98. The minimum absolute atomic E-state index is 0.170. The SMILES string of the molecule is FC(F)(F)c1ccc2cc(C3=NNC(c4cn(-c5ccccc5)nc4-c4ccccc4)C3)oc2c1. The Bertz CT molecular complexity index is 1540. The summed E-state index contributed by atoms with van der Waals surface area (Å²) in [6, 6.07) is 24.8. The maximum absolute atomic E-state index is 13.1. The molecule has 174 valence electrons. The summed E-state index contributed by atoms with van der Waals surface area (Å²) in [4.78, 5) is 0. The summed E-state index contributed by atoms with van der Waals surface area (Å²) in [5, 5.41) is 9.92. The molecule has 0 aliphatic carbocycles. The number of hydrogen-bond donors (Lipinski definition) is 1. The molecule has 5 aromatic rings. The van der Waals surface area contributed by atoms with Gasteiger partial charge in [-0.3, -0.25) is 0 Å². The fourth-order valence-electron chi connectivity index (χ4n) is 4.30. The van der Waals surface area contributed by atoms with E-state index >= 15 is 0 Å². The van der Waals surface area contributed by atoms with Crippen LogP contribution < -0.4 is 5.43 Å². The zero-order chi connectivity index (χ0) is 24.0. The van der Waals surface area contributed by atoms with Crippen LogP contribution in [0.3, 0.4) is 0 Å². The first-order valence-corrected chi connectivity index (χ1v) is 11.1. The first-order chi connectivity index (χ1) is 17.0. The predicted octanol–water partition coefficient (Wildman–Crippen LogP) is 6.74. The lowest BCUT2D eigenvalue weighted by atomic mass is 9.99. The number of aromatic nitrogens is 2. The van der Waals surface area contributed by atoms with Crippen LogP contribution in [0.2, 0.25) is 0 Å². The van der Waals surface area contributed by atoms with Crippen molar-refractivity contribution in [2.45, 2.75) is 18.6 Å². The third-order valence-corrected chi connectivity index (χ3v) is 6.07. The molecule has 2 aromatic heterocycles. The molecule has 1 atom stereocenters. The molecule has 1 N–H and O–H groups in total. The second-order valence-corrected chi connectivity index (χ2v) is 8.38. The van der Waals surface area contributed by atoms with Crippen molar-refractivity contribution < 1.29 is 17.6 Å². The number of nitrogens with one attached hydrogen (secondary N) is 1. The van der Waals surface area contributed by atoms with Gasteiger partial charge in [-0.25, -0.2) is 4.68 Å². The van der Waals surface area contributed by atoms with Crippen LogP contribution in [0.25, 0.3) is 27.9 Å². The molecule has 0 fully saturated rings. The summed E-state index contributed by atoms with van der Waals surface area (Å²) >= 11 is 0. The fourth-order valence-corrected chi connectivity index (χ4v) is 4.30. The van der Waals surface area contributed by atoms with Crippen molar-refractivity contribution in [2.24, 2.45) is 5.10 Å². The van der Waals surface area contributed by atoms with Crippen LogP contribution in [0.5, 0.6) is 0 Å². The lowest BCUT2D eigenvalue weighted by molar-refractivity contribution is -0.137. The number of nitrogens with zero attached hydrogens (tertiary/aromatic N) is 3. The molecule has 8 heteroatoms. The molecule has 1 aliphatic rings. The highest BCUT2D eigenvalue weighted by Gasteiger charge is 2.32. The summed E-state index contributed by atoms with van der Waals surface area (Å²) in [7, 11) is 0. The average molecular weight is 472 g/mol. The molecule has 0 spiro atoms. The number of furan rings is 1. The first kappa shape index (κ1) is 21.2. The number of fused-ring (bicyclic) bond motifs is 1. The molecule has 0 bridgehead atoms. The van der Waals surface area contributed by atoms with E-state index < -0.39 is 11.7 Å². The highest BCUT2D eigenvalue weighted by molar-refractivity contribution is 6.02. The molecule has 5 nitrogen and oxygen atoms in total. The summed E-state index contributed by atoms with van der Waals surface area (Å²) in [5.74, 6) is 0.450. The van der Waals surface area contributed by atoms with Gasteiger partial charge in [0.15, 0.2) is 5.76 Å². The number of halogens is 3. The molecule has 0 saturated carbocycles. The predicted molar refractivity (Wildman–Crippen MR) is 127 cm³/mol. The molecule has 3 aromatic carbocycles. The zero-order valence-electron chi connectivity index (χ0n) is 18.3. The first-order valence-electron chi connectivity index (χ1n) is 11.1. The van der Waals surface area contributed by atoms with Crippen molar-refractivity contribution in [1.82, 2.24) is 15.2 Å². The van der Waals surface area contributed by atoms with Crippen molar-refractivity contribution in [3.8, 4) is 16.9 Å². The van der Waals surface area contributed by atoms with Crippen LogP contribution in [-0.4, -0.2) is 15.5 Å². The van der Waals surface area contributed by atoms with Gasteiger partial charge in [-0.15, -0.1) is 0 Å². The maximum Gasteiger partial charge on any atom is 0.416 e. The van der Waals surface area contributed by atoms with Crippen molar-refractivity contribution in [3.63, 3.8) is 0 Å². The van der Waals surface area contributed by atoms with E-state index in [4.69, 9.17) is 9.52 Å². The number of rotatable bonds is 4. The topological polar surface area (TPSA) is 55.4 Å². The number of para-hydroxylation sites is 1. The average Bonchev–Trinajstić information content (AvgIpc) is 3.61. The Kier molecular flexibility index (Phi) is 4.95. The second-order valence-electron chi connectivity index (χ2n) is 8.38. The van der Waals surface area contributed by atoms with Crippen molar-refractivity contribution >= 4 is 16.7 Å². The van der Waals surface area contributed by atoms with E-state index in [2.05, 4.69) is 10.5 Å². The molecule has 1 unspecified atom stereocenters. The van der Waals surface area contributed by atoms with Crippen molar-refractivity contribution in [1.29, 1.82) is 0 Å². The molecule has 35 heavy (non-hydrogen) atoms. The normalized spacial score (nSPS) is 15.9. The number of hydrogen-bond acceptors (Lipinski definition) is 4. The van der Waals surface area contributed by atoms with Gasteiger partial charge in [0.25, 0.3) is 0 Å². The van der Waals surface area contributed by atoms with Crippen LogP contribution in [0, 0.1) is 0 Å². The van der Waals surface area contributed by atoms with E-state index in [9.17, 15) is 13.2 Å². The minimum atomic E-state index is -4.43. The van der Waals surface area contributed by atoms with E-state index in [1.54, 1.807) is 6.07 Å². The van der Waals surface area contributed by atoms with Crippen LogP contribution >= 0.6 is 0 Å². The number of benzene rings is 3. The fraction of sp³-hybridized carbons (Fsp3) is 0.111. The monoisotopic (exact) mass is 472 g/mol. The largest absolute Gasteiger partial charge is 0.455 e. The zero-order valence-corrected chi connectivity index (χ0v) is 18.3. The Labute approximate surface area is 198 Å². The lowest BCUT2D eigenvalue weighted by Gasteiger charge is -2.09. The lowest BCUT2D eigenvalue weighted by Crippen LogP contribution is -2.10. The van der Waals surface area contributed by atoms with E-state index in [0.29, 0.717) is 23.3 Å². The van der Waals surface area contributed by atoms with Crippen LogP contribution in [-0.2, 0) is 6.18 Å². The number of alkyl halides is 3.